The van der Waals surface area contributed by atoms with Crippen LogP contribution < -0.4 is 11.1 Å². The molecule has 0 aliphatic rings. The Bertz CT molecular complexity index is 466. The van der Waals surface area contributed by atoms with Crippen molar-refractivity contribution in [1.82, 2.24) is 10.2 Å². The Morgan fingerprint density at radius 1 is 1.56 bits per heavy atom. The van der Waals surface area contributed by atoms with Crippen LogP contribution in [0.1, 0.15) is 15.6 Å². The lowest BCUT2D eigenvalue weighted by Gasteiger charge is -1.95. The quantitative estimate of drug-likeness (QED) is 0.824. The largest absolute Gasteiger partial charge is 0.459 e. The normalized spacial score (nSPS) is 10.3. The summed E-state index contributed by atoms with van der Waals surface area (Å²) in [6.45, 7) is 0.515. The van der Waals surface area contributed by atoms with Crippen molar-refractivity contribution in [3.05, 3.63) is 29.2 Å². The zero-order valence-electron chi connectivity index (χ0n) is 8.34. The van der Waals surface area contributed by atoms with E-state index >= 15 is 0 Å². The molecular formula is C9H10N4O2S. The standard InChI is InChI=1S/C9H10N4O2S/c10-4-3-7-12-13-9(16-7)11-8(14)6-2-1-5-15-6/h1-2,5H,3-4,10H2,(H,11,13,14). The second-order valence-corrected chi connectivity index (χ2v) is 4.03. The average Bonchev–Trinajstić information content (AvgIpc) is 2.89. The van der Waals surface area contributed by atoms with E-state index in [2.05, 4.69) is 15.5 Å². The van der Waals surface area contributed by atoms with Gasteiger partial charge in [-0.3, -0.25) is 10.1 Å². The van der Waals surface area contributed by atoms with Gasteiger partial charge in [-0.15, -0.1) is 10.2 Å². The van der Waals surface area contributed by atoms with Gasteiger partial charge in [0.2, 0.25) is 5.13 Å². The number of amides is 1. The molecule has 2 aromatic heterocycles. The van der Waals surface area contributed by atoms with E-state index in [0.717, 1.165) is 5.01 Å². The molecule has 7 heteroatoms. The fraction of sp³-hybridized carbons (Fsp3) is 0.222. The SMILES string of the molecule is NCCc1nnc(NC(=O)c2ccco2)s1. The van der Waals surface area contributed by atoms with Crippen molar-refractivity contribution >= 4 is 22.4 Å². The summed E-state index contributed by atoms with van der Waals surface area (Å²) in [6, 6.07) is 3.23. The Labute approximate surface area is 95.5 Å². The molecule has 0 aliphatic carbocycles. The van der Waals surface area contributed by atoms with E-state index in [0.29, 0.717) is 18.1 Å². The zero-order valence-corrected chi connectivity index (χ0v) is 9.16. The van der Waals surface area contributed by atoms with Crippen LogP contribution in [0.15, 0.2) is 22.8 Å². The van der Waals surface area contributed by atoms with Gasteiger partial charge < -0.3 is 10.2 Å². The average molecular weight is 238 g/mol. The summed E-state index contributed by atoms with van der Waals surface area (Å²) >= 11 is 1.31. The molecule has 2 heterocycles. The molecule has 3 N–H and O–H groups in total. The number of carbonyl (C=O) groups excluding carboxylic acids is 1. The second kappa shape index (κ2) is 4.86. The van der Waals surface area contributed by atoms with E-state index in [1.165, 1.54) is 17.6 Å². The fourth-order valence-corrected chi connectivity index (χ4v) is 1.85. The smallest absolute Gasteiger partial charge is 0.293 e. The van der Waals surface area contributed by atoms with Crippen LogP contribution >= 0.6 is 11.3 Å². The number of hydrogen-bond donors (Lipinski definition) is 2. The molecular weight excluding hydrogens is 228 g/mol. The Morgan fingerprint density at radius 2 is 2.44 bits per heavy atom. The van der Waals surface area contributed by atoms with Crippen molar-refractivity contribution < 1.29 is 9.21 Å². The molecule has 0 atom stereocenters. The molecule has 2 aromatic rings. The third kappa shape index (κ3) is 2.44. The summed E-state index contributed by atoms with van der Waals surface area (Å²) in [5, 5.41) is 11.6. The maximum Gasteiger partial charge on any atom is 0.293 e. The van der Waals surface area contributed by atoms with Gasteiger partial charge >= 0.3 is 0 Å². The van der Waals surface area contributed by atoms with Crippen LogP contribution in [0.2, 0.25) is 0 Å². The van der Waals surface area contributed by atoms with Gasteiger partial charge in [0.25, 0.3) is 5.91 Å². The highest BCUT2D eigenvalue weighted by atomic mass is 32.1. The highest BCUT2D eigenvalue weighted by molar-refractivity contribution is 7.15. The number of nitrogens with one attached hydrogen (secondary N) is 1. The molecule has 0 aliphatic heterocycles. The first-order chi connectivity index (χ1) is 7.79. The minimum Gasteiger partial charge on any atom is -0.459 e. The van der Waals surface area contributed by atoms with Gasteiger partial charge in [0, 0.05) is 6.42 Å². The summed E-state index contributed by atoms with van der Waals surface area (Å²) in [5.41, 5.74) is 5.38. The summed E-state index contributed by atoms with van der Waals surface area (Å²) in [5.74, 6) is -0.0870. The van der Waals surface area contributed by atoms with Crippen molar-refractivity contribution in [2.75, 3.05) is 11.9 Å². The molecule has 0 saturated carbocycles. The van der Waals surface area contributed by atoms with Crippen molar-refractivity contribution in [3.8, 4) is 0 Å². The van der Waals surface area contributed by atoms with Crippen LogP contribution in [0, 0.1) is 0 Å². The number of anilines is 1. The molecule has 16 heavy (non-hydrogen) atoms. The summed E-state index contributed by atoms with van der Waals surface area (Å²) < 4.78 is 4.95. The molecule has 0 aromatic carbocycles. The maximum atomic E-state index is 11.6. The number of nitrogens with zero attached hydrogens (tertiary/aromatic N) is 2. The maximum absolute atomic E-state index is 11.6. The third-order valence-electron chi connectivity index (χ3n) is 1.79. The van der Waals surface area contributed by atoms with E-state index in [-0.39, 0.29) is 11.7 Å². The first-order valence-corrected chi connectivity index (χ1v) is 5.48. The fourth-order valence-electron chi connectivity index (χ4n) is 1.10. The number of nitrogens with two attached hydrogens (primary N) is 1. The van der Waals surface area contributed by atoms with Crippen molar-refractivity contribution in [1.29, 1.82) is 0 Å². The molecule has 6 nitrogen and oxygen atoms in total. The molecule has 0 saturated heterocycles. The topological polar surface area (TPSA) is 94.0 Å². The lowest BCUT2D eigenvalue weighted by molar-refractivity contribution is 0.0996. The number of rotatable bonds is 4. The predicted octanol–water partition coefficient (Wildman–Crippen LogP) is 0.885. The van der Waals surface area contributed by atoms with E-state index in [4.69, 9.17) is 10.2 Å². The summed E-state index contributed by atoms with van der Waals surface area (Å²) in [4.78, 5) is 11.6. The van der Waals surface area contributed by atoms with Crippen LogP contribution in [0.5, 0.6) is 0 Å². The van der Waals surface area contributed by atoms with E-state index in [1.54, 1.807) is 12.1 Å². The van der Waals surface area contributed by atoms with Crippen molar-refractivity contribution in [3.63, 3.8) is 0 Å². The molecule has 0 unspecified atom stereocenters. The molecule has 1 amide bonds. The molecule has 0 fully saturated rings. The Morgan fingerprint density at radius 3 is 3.12 bits per heavy atom. The van der Waals surface area contributed by atoms with Crippen LogP contribution in [-0.2, 0) is 6.42 Å². The first-order valence-electron chi connectivity index (χ1n) is 4.67. The van der Waals surface area contributed by atoms with Gasteiger partial charge in [0.05, 0.1) is 6.26 Å². The second-order valence-electron chi connectivity index (χ2n) is 2.97. The summed E-state index contributed by atoms with van der Waals surface area (Å²) in [6.07, 6.45) is 2.10. The van der Waals surface area contributed by atoms with Gasteiger partial charge in [0.15, 0.2) is 5.76 Å². The highest BCUT2D eigenvalue weighted by Crippen LogP contribution is 2.16. The van der Waals surface area contributed by atoms with Gasteiger partial charge in [-0.2, -0.15) is 0 Å². The molecule has 0 radical (unpaired) electrons. The number of hydrogen-bond acceptors (Lipinski definition) is 6. The molecule has 0 bridgehead atoms. The van der Waals surface area contributed by atoms with Gasteiger partial charge in [-0.1, -0.05) is 11.3 Å². The number of aromatic nitrogens is 2. The van der Waals surface area contributed by atoms with Crippen LogP contribution in [0.4, 0.5) is 5.13 Å². The van der Waals surface area contributed by atoms with Gasteiger partial charge in [-0.05, 0) is 18.7 Å². The Kier molecular flexibility index (Phi) is 3.28. The number of carbonyl (C=O) groups is 1. The van der Waals surface area contributed by atoms with Crippen LogP contribution in [-0.4, -0.2) is 22.6 Å². The van der Waals surface area contributed by atoms with E-state index in [9.17, 15) is 4.79 Å². The lowest BCUT2D eigenvalue weighted by Crippen LogP contribution is -2.10. The molecule has 0 spiro atoms. The van der Waals surface area contributed by atoms with Crippen molar-refractivity contribution in [2.24, 2.45) is 5.73 Å². The first kappa shape index (κ1) is 10.8. The third-order valence-corrected chi connectivity index (χ3v) is 2.69. The Balaban J connectivity index is 2.01. The minimum absolute atomic E-state index is 0.246. The highest BCUT2D eigenvalue weighted by Gasteiger charge is 2.11. The van der Waals surface area contributed by atoms with Crippen LogP contribution in [0.3, 0.4) is 0 Å². The Hall–Kier alpha value is -1.73. The van der Waals surface area contributed by atoms with Gasteiger partial charge in [0.1, 0.15) is 5.01 Å². The van der Waals surface area contributed by atoms with Crippen molar-refractivity contribution in [2.45, 2.75) is 6.42 Å². The van der Waals surface area contributed by atoms with Gasteiger partial charge in [-0.25, -0.2) is 0 Å². The van der Waals surface area contributed by atoms with E-state index in [1.807, 2.05) is 0 Å². The predicted molar refractivity (Wildman–Crippen MR) is 59.3 cm³/mol. The zero-order chi connectivity index (χ0) is 11.4. The van der Waals surface area contributed by atoms with E-state index < -0.39 is 0 Å². The number of furan rings is 1. The summed E-state index contributed by atoms with van der Waals surface area (Å²) in [7, 11) is 0. The lowest BCUT2D eigenvalue weighted by atomic mass is 10.4. The molecule has 2 rings (SSSR count). The molecule has 84 valence electrons. The monoisotopic (exact) mass is 238 g/mol. The van der Waals surface area contributed by atoms with Crippen LogP contribution in [0.25, 0.3) is 0 Å². The minimum atomic E-state index is -0.333.